The molecule has 24 heavy (non-hydrogen) atoms. The van der Waals surface area contributed by atoms with Crippen LogP contribution in [0.25, 0.3) is 5.76 Å². The number of Topliss-reactive ketones (excluding diaryl/α,β-unsaturated/α-hetero) is 1. The molecule has 0 unspecified atom stereocenters. The average molecular weight is 352 g/mol. The number of alkyl halides is 3. The van der Waals surface area contributed by atoms with Crippen molar-refractivity contribution in [2.24, 2.45) is 4.99 Å². The van der Waals surface area contributed by atoms with E-state index in [-0.39, 0.29) is 17.0 Å². The van der Waals surface area contributed by atoms with Crippen LogP contribution in [-0.4, -0.2) is 17.1 Å². The average Bonchev–Trinajstić information content (AvgIpc) is 2.78. The molecule has 1 N–H and O–H groups in total. The predicted molar refractivity (Wildman–Crippen MR) is 84.9 cm³/mol. The summed E-state index contributed by atoms with van der Waals surface area (Å²) >= 11 is 5.54. The minimum Gasteiger partial charge on any atom is -0.506 e. The number of carbonyl (C=O) groups is 1. The van der Waals surface area contributed by atoms with Crippen LogP contribution in [0.3, 0.4) is 0 Å². The van der Waals surface area contributed by atoms with Crippen molar-refractivity contribution in [2.45, 2.75) is 6.18 Å². The monoisotopic (exact) mass is 351 g/mol. The topological polar surface area (TPSA) is 49.7 Å². The van der Waals surface area contributed by atoms with Gasteiger partial charge >= 0.3 is 6.18 Å². The summed E-state index contributed by atoms with van der Waals surface area (Å²) in [6, 6.07) is 9.60. The molecule has 0 saturated heterocycles. The molecule has 0 fully saturated rings. The number of allylic oxidation sites excluding steroid dienone is 1. The van der Waals surface area contributed by atoms with Gasteiger partial charge in [-0.25, -0.2) is 0 Å². The maximum atomic E-state index is 12.8. The van der Waals surface area contributed by atoms with Crippen LogP contribution in [0.15, 0.2) is 53.0 Å². The fraction of sp³-hybridized carbons (Fsp3) is 0.0588. The van der Waals surface area contributed by atoms with Gasteiger partial charge in [-0.1, -0.05) is 35.9 Å². The molecule has 3 nitrogen and oxygen atoms in total. The van der Waals surface area contributed by atoms with Crippen LogP contribution in [0.1, 0.15) is 21.5 Å². The number of benzene rings is 2. The highest BCUT2D eigenvalue weighted by Gasteiger charge is 2.33. The molecule has 0 amide bonds. The van der Waals surface area contributed by atoms with Crippen molar-refractivity contribution in [1.29, 1.82) is 0 Å². The van der Waals surface area contributed by atoms with Crippen LogP contribution in [0, 0.1) is 0 Å². The van der Waals surface area contributed by atoms with Crippen molar-refractivity contribution in [3.8, 4) is 0 Å². The Bertz CT molecular complexity index is 901. The lowest BCUT2D eigenvalue weighted by atomic mass is 10.1. The number of aliphatic hydroxyl groups is 1. The molecule has 0 aromatic heterocycles. The highest BCUT2D eigenvalue weighted by Crippen LogP contribution is 2.37. The Morgan fingerprint density at radius 1 is 1.08 bits per heavy atom. The summed E-state index contributed by atoms with van der Waals surface area (Å²) in [6.45, 7) is 0. The molecule has 0 radical (unpaired) electrons. The fourth-order valence-electron chi connectivity index (χ4n) is 2.35. The van der Waals surface area contributed by atoms with Crippen molar-refractivity contribution in [2.75, 3.05) is 0 Å². The Balaban J connectivity index is 1.96. The van der Waals surface area contributed by atoms with Gasteiger partial charge in [0.1, 0.15) is 5.76 Å². The summed E-state index contributed by atoms with van der Waals surface area (Å²) in [6.07, 6.45) is -3.55. The zero-order chi connectivity index (χ0) is 17.5. The second-order valence-corrected chi connectivity index (χ2v) is 5.46. The largest absolute Gasteiger partial charge is 0.506 e. The highest BCUT2D eigenvalue weighted by molar-refractivity contribution is 6.31. The zero-order valence-corrected chi connectivity index (χ0v) is 12.7. The Labute approximate surface area is 139 Å². The first-order chi connectivity index (χ1) is 11.3. The van der Waals surface area contributed by atoms with E-state index in [0.717, 1.165) is 18.3 Å². The van der Waals surface area contributed by atoms with E-state index >= 15 is 0 Å². The second-order valence-electron chi connectivity index (χ2n) is 5.06. The smallest absolute Gasteiger partial charge is 0.417 e. The molecule has 0 heterocycles. The van der Waals surface area contributed by atoms with Gasteiger partial charge in [-0.2, -0.15) is 13.2 Å². The number of aliphatic imine (C=N–C) groups is 1. The van der Waals surface area contributed by atoms with E-state index in [1.165, 1.54) is 6.07 Å². The van der Waals surface area contributed by atoms with Crippen LogP contribution in [0.5, 0.6) is 0 Å². The van der Waals surface area contributed by atoms with Crippen molar-refractivity contribution in [1.82, 2.24) is 0 Å². The minimum atomic E-state index is -4.61. The van der Waals surface area contributed by atoms with Gasteiger partial charge in [0.05, 0.1) is 21.8 Å². The molecular formula is C17H9ClF3NO2. The number of hydrogen-bond acceptors (Lipinski definition) is 3. The van der Waals surface area contributed by atoms with Gasteiger partial charge in [0.15, 0.2) is 5.78 Å². The van der Waals surface area contributed by atoms with Gasteiger partial charge in [-0.15, -0.1) is 0 Å². The van der Waals surface area contributed by atoms with E-state index < -0.39 is 22.5 Å². The predicted octanol–water partition coefficient (Wildman–Crippen LogP) is 5.23. The van der Waals surface area contributed by atoms with Gasteiger partial charge in [-0.05, 0) is 18.2 Å². The maximum Gasteiger partial charge on any atom is 0.417 e. The number of halogens is 4. The molecule has 0 bridgehead atoms. The molecule has 1 aliphatic carbocycles. The first-order valence-electron chi connectivity index (χ1n) is 6.77. The van der Waals surface area contributed by atoms with Gasteiger partial charge in [0.25, 0.3) is 0 Å². The summed E-state index contributed by atoms with van der Waals surface area (Å²) in [4.78, 5) is 16.1. The summed E-state index contributed by atoms with van der Waals surface area (Å²) in [5.74, 6) is -0.679. The number of rotatable bonds is 2. The van der Waals surface area contributed by atoms with E-state index in [1.54, 1.807) is 24.3 Å². The van der Waals surface area contributed by atoms with E-state index in [1.807, 2.05) is 0 Å². The molecule has 3 rings (SSSR count). The Morgan fingerprint density at radius 3 is 2.38 bits per heavy atom. The summed E-state index contributed by atoms with van der Waals surface area (Å²) < 4.78 is 38.5. The molecule has 7 heteroatoms. The molecule has 0 atom stereocenters. The third-order valence-electron chi connectivity index (χ3n) is 3.52. The van der Waals surface area contributed by atoms with E-state index in [9.17, 15) is 23.1 Å². The lowest BCUT2D eigenvalue weighted by Crippen LogP contribution is -2.05. The van der Waals surface area contributed by atoms with Crippen molar-refractivity contribution in [3.63, 3.8) is 0 Å². The lowest BCUT2D eigenvalue weighted by molar-refractivity contribution is -0.137. The van der Waals surface area contributed by atoms with Crippen LogP contribution < -0.4 is 0 Å². The first-order valence-corrected chi connectivity index (χ1v) is 7.15. The molecular weight excluding hydrogens is 343 g/mol. The Morgan fingerprint density at radius 2 is 1.75 bits per heavy atom. The third-order valence-corrected chi connectivity index (χ3v) is 3.85. The van der Waals surface area contributed by atoms with E-state index in [2.05, 4.69) is 4.99 Å². The quantitative estimate of drug-likeness (QED) is 0.753. The normalized spacial score (nSPS) is 14.6. The number of carbonyl (C=O) groups excluding carboxylic acids is 1. The summed E-state index contributed by atoms with van der Waals surface area (Å²) in [5, 5.41) is 9.65. The van der Waals surface area contributed by atoms with Crippen LogP contribution in [0.2, 0.25) is 5.02 Å². The first kappa shape index (κ1) is 16.3. The molecule has 1 aliphatic rings. The molecule has 0 aliphatic heterocycles. The number of hydrogen-bond donors (Lipinski definition) is 1. The standard InChI is InChI=1S/C17H9ClF3NO2/c18-14-6-5-9(7-13(14)17(19,20)21)22-8-12-15(23)10-3-1-2-4-11(10)16(12)24/h1-8,23H. The minimum absolute atomic E-state index is 0.0317. The van der Waals surface area contributed by atoms with Crippen LogP contribution in [-0.2, 0) is 6.18 Å². The maximum absolute atomic E-state index is 12.8. The molecule has 2 aromatic rings. The number of ketones is 1. The summed E-state index contributed by atoms with van der Waals surface area (Å²) in [7, 11) is 0. The van der Waals surface area contributed by atoms with Gasteiger partial charge in [0.2, 0.25) is 0 Å². The molecule has 122 valence electrons. The number of aliphatic hydroxyl groups excluding tert-OH is 1. The SMILES string of the molecule is O=C1C(C=Nc2ccc(Cl)c(C(F)(F)F)c2)=C(O)c2ccccc21. The third kappa shape index (κ3) is 2.80. The van der Waals surface area contributed by atoms with Gasteiger partial charge < -0.3 is 5.11 Å². The van der Waals surface area contributed by atoms with Crippen molar-refractivity contribution < 1.29 is 23.1 Å². The molecule has 0 spiro atoms. The number of nitrogens with zero attached hydrogens (tertiary/aromatic N) is 1. The Kier molecular flexibility index (Phi) is 3.93. The zero-order valence-electron chi connectivity index (χ0n) is 11.9. The highest BCUT2D eigenvalue weighted by atomic mass is 35.5. The van der Waals surface area contributed by atoms with Crippen LogP contribution >= 0.6 is 11.6 Å². The summed E-state index contributed by atoms with van der Waals surface area (Å²) in [5.41, 5.74) is -0.423. The van der Waals surface area contributed by atoms with Crippen molar-refractivity contribution in [3.05, 3.63) is 69.8 Å². The van der Waals surface area contributed by atoms with Gasteiger partial charge in [-0.3, -0.25) is 9.79 Å². The second kappa shape index (κ2) is 5.79. The lowest BCUT2D eigenvalue weighted by Gasteiger charge is -2.09. The fourth-order valence-corrected chi connectivity index (χ4v) is 2.58. The Hall–Kier alpha value is -2.60. The van der Waals surface area contributed by atoms with Gasteiger partial charge in [0, 0.05) is 17.3 Å². The van der Waals surface area contributed by atoms with Crippen molar-refractivity contribution >= 4 is 35.0 Å². The molecule has 0 saturated carbocycles. The van der Waals surface area contributed by atoms with Crippen LogP contribution in [0.4, 0.5) is 18.9 Å². The number of fused-ring (bicyclic) bond motifs is 1. The molecule has 2 aromatic carbocycles. The van der Waals surface area contributed by atoms with E-state index in [4.69, 9.17) is 11.6 Å². The van der Waals surface area contributed by atoms with E-state index in [0.29, 0.717) is 11.1 Å².